The van der Waals surface area contributed by atoms with Crippen LogP contribution in [0.2, 0.25) is 0 Å². The number of nitrogens with one attached hydrogen (secondary N) is 2. The number of hydrogen-bond donors (Lipinski definition) is 2. The largest absolute Gasteiger partial charge is 0.308 e. The SMILES string of the molecule is CNC1(C(=O)CNC2(C(C)=O)CCCC2)CC1. The number of likely N-dealkylation sites (N-methyl/N-ethyl adjacent to an activating group) is 1. The highest BCUT2D eigenvalue weighted by Gasteiger charge is 2.48. The summed E-state index contributed by atoms with van der Waals surface area (Å²) in [4.78, 5) is 23.8. The van der Waals surface area contributed by atoms with E-state index in [1.807, 2.05) is 7.05 Å². The molecule has 0 aromatic carbocycles. The number of rotatable bonds is 6. The molecule has 0 atom stereocenters. The Balaban J connectivity index is 1.92. The van der Waals surface area contributed by atoms with Gasteiger partial charge in [0.05, 0.1) is 17.6 Å². The van der Waals surface area contributed by atoms with Gasteiger partial charge in [0, 0.05) is 0 Å². The van der Waals surface area contributed by atoms with Crippen molar-refractivity contribution in [3.05, 3.63) is 0 Å². The van der Waals surface area contributed by atoms with Crippen LogP contribution in [0, 0.1) is 0 Å². The first-order valence-electron chi connectivity index (χ1n) is 6.53. The molecule has 0 bridgehead atoms. The lowest BCUT2D eigenvalue weighted by Gasteiger charge is -2.28. The zero-order chi connectivity index (χ0) is 12.5. The Morgan fingerprint density at radius 1 is 1.06 bits per heavy atom. The first kappa shape index (κ1) is 12.7. The Hall–Kier alpha value is -0.740. The van der Waals surface area contributed by atoms with Gasteiger partial charge in [-0.1, -0.05) is 12.8 Å². The molecule has 4 heteroatoms. The second-order valence-corrected chi connectivity index (χ2v) is 5.45. The van der Waals surface area contributed by atoms with Gasteiger partial charge >= 0.3 is 0 Å². The van der Waals surface area contributed by atoms with E-state index in [1.165, 1.54) is 0 Å². The van der Waals surface area contributed by atoms with Gasteiger partial charge in [0.15, 0.2) is 5.78 Å². The topological polar surface area (TPSA) is 58.2 Å². The monoisotopic (exact) mass is 238 g/mol. The Bertz CT molecular complexity index is 328. The van der Waals surface area contributed by atoms with Crippen LogP contribution in [-0.2, 0) is 9.59 Å². The van der Waals surface area contributed by atoms with Crippen molar-refractivity contribution in [3.63, 3.8) is 0 Å². The average molecular weight is 238 g/mol. The molecule has 96 valence electrons. The van der Waals surface area contributed by atoms with Gasteiger partial charge in [-0.25, -0.2) is 0 Å². The fourth-order valence-electron chi connectivity index (χ4n) is 2.84. The van der Waals surface area contributed by atoms with Crippen LogP contribution in [-0.4, -0.2) is 36.2 Å². The quantitative estimate of drug-likeness (QED) is 0.718. The summed E-state index contributed by atoms with van der Waals surface area (Å²) < 4.78 is 0. The first-order valence-corrected chi connectivity index (χ1v) is 6.53. The van der Waals surface area contributed by atoms with Crippen molar-refractivity contribution in [2.45, 2.75) is 56.5 Å². The number of hydrogen-bond acceptors (Lipinski definition) is 4. The molecule has 0 aliphatic heterocycles. The van der Waals surface area contributed by atoms with Crippen LogP contribution in [0.5, 0.6) is 0 Å². The fraction of sp³-hybridized carbons (Fsp3) is 0.846. The van der Waals surface area contributed by atoms with Crippen molar-refractivity contribution in [1.82, 2.24) is 10.6 Å². The van der Waals surface area contributed by atoms with E-state index in [4.69, 9.17) is 0 Å². The molecule has 17 heavy (non-hydrogen) atoms. The fourth-order valence-corrected chi connectivity index (χ4v) is 2.84. The van der Waals surface area contributed by atoms with E-state index < -0.39 is 5.54 Å². The summed E-state index contributed by atoms with van der Waals surface area (Å²) in [6.07, 6.45) is 5.77. The van der Waals surface area contributed by atoms with Crippen molar-refractivity contribution in [1.29, 1.82) is 0 Å². The second-order valence-electron chi connectivity index (χ2n) is 5.45. The van der Waals surface area contributed by atoms with E-state index in [2.05, 4.69) is 10.6 Å². The van der Waals surface area contributed by atoms with Crippen molar-refractivity contribution >= 4 is 11.6 Å². The third-order valence-corrected chi connectivity index (χ3v) is 4.48. The van der Waals surface area contributed by atoms with Crippen LogP contribution in [0.25, 0.3) is 0 Å². The molecule has 2 N–H and O–H groups in total. The predicted octanol–water partition coefficient (Wildman–Crippen LogP) is 0.799. The summed E-state index contributed by atoms with van der Waals surface area (Å²) in [5, 5.41) is 6.33. The Morgan fingerprint density at radius 3 is 2.06 bits per heavy atom. The van der Waals surface area contributed by atoms with Crippen LogP contribution >= 0.6 is 0 Å². The molecule has 0 unspecified atom stereocenters. The predicted molar refractivity (Wildman–Crippen MR) is 65.9 cm³/mol. The van der Waals surface area contributed by atoms with Crippen molar-refractivity contribution in [3.8, 4) is 0 Å². The number of carbonyl (C=O) groups is 2. The van der Waals surface area contributed by atoms with E-state index >= 15 is 0 Å². The molecule has 2 saturated carbocycles. The highest BCUT2D eigenvalue weighted by atomic mass is 16.1. The molecular formula is C13H22N2O2. The number of carbonyl (C=O) groups excluding carboxylic acids is 2. The van der Waals surface area contributed by atoms with Crippen LogP contribution in [0.1, 0.15) is 45.4 Å². The molecule has 2 aliphatic rings. The molecule has 2 rings (SSSR count). The van der Waals surface area contributed by atoms with Crippen molar-refractivity contribution < 1.29 is 9.59 Å². The lowest BCUT2D eigenvalue weighted by atomic mass is 9.92. The summed E-state index contributed by atoms with van der Waals surface area (Å²) >= 11 is 0. The van der Waals surface area contributed by atoms with E-state index in [-0.39, 0.29) is 17.1 Å². The zero-order valence-corrected chi connectivity index (χ0v) is 10.8. The summed E-state index contributed by atoms with van der Waals surface area (Å²) in [6.45, 7) is 1.95. The number of Topliss-reactive ketones (excluding diaryl/α,β-unsaturated/α-hetero) is 2. The minimum atomic E-state index is -0.417. The van der Waals surface area contributed by atoms with Crippen molar-refractivity contribution in [2.75, 3.05) is 13.6 Å². The van der Waals surface area contributed by atoms with Gasteiger partial charge in [-0.2, -0.15) is 0 Å². The number of ketones is 2. The van der Waals surface area contributed by atoms with Gasteiger partial charge in [-0.05, 0) is 39.7 Å². The maximum atomic E-state index is 12.0. The highest BCUT2D eigenvalue weighted by molar-refractivity contribution is 5.94. The standard InChI is InChI=1S/C13H22N2O2/c1-10(16)12(5-3-4-6-12)15-9-11(17)13(14-2)7-8-13/h14-15H,3-9H2,1-2H3. The zero-order valence-electron chi connectivity index (χ0n) is 10.8. The third-order valence-electron chi connectivity index (χ3n) is 4.48. The third kappa shape index (κ3) is 2.29. The molecule has 0 spiro atoms. The van der Waals surface area contributed by atoms with Crippen LogP contribution in [0.4, 0.5) is 0 Å². The lowest BCUT2D eigenvalue weighted by molar-refractivity contribution is -0.124. The summed E-state index contributed by atoms with van der Waals surface area (Å²) in [6, 6.07) is 0. The summed E-state index contributed by atoms with van der Waals surface area (Å²) in [5.41, 5.74) is -0.705. The molecule has 2 aliphatic carbocycles. The summed E-state index contributed by atoms with van der Waals surface area (Å²) in [7, 11) is 1.83. The maximum Gasteiger partial charge on any atom is 0.166 e. The van der Waals surface area contributed by atoms with Gasteiger partial charge in [-0.15, -0.1) is 0 Å². The van der Waals surface area contributed by atoms with Gasteiger partial charge < -0.3 is 5.32 Å². The van der Waals surface area contributed by atoms with Gasteiger partial charge in [-0.3, -0.25) is 14.9 Å². The van der Waals surface area contributed by atoms with Gasteiger partial charge in [0.25, 0.3) is 0 Å². The molecule has 0 saturated heterocycles. The molecule has 0 radical (unpaired) electrons. The van der Waals surface area contributed by atoms with Crippen molar-refractivity contribution in [2.24, 2.45) is 0 Å². The Kier molecular flexibility index (Phi) is 3.36. The Labute approximate surface area is 103 Å². The van der Waals surface area contributed by atoms with Crippen LogP contribution < -0.4 is 10.6 Å². The molecule has 2 fully saturated rings. The molecule has 4 nitrogen and oxygen atoms in total. The van der Waals surface area contributed by atoms with Gasteiger partial charge in [0.2, 0.25) is 0 Å². The minimum Gasteiger partial charge on any atom is -0.308 e. The highest BCUT2D eigenvalue weighted by Crippen LogP contribution is 2.36. The summed E-state index contributed by atoms with van der Waals surface area (Å²) in [5.74, 6) is 0.379. The van der Waals surface area contributed by atoms with Crippen LogP contribution in [0.3, 0.4) is 0 Å². The molecule has 0 amide bonds. The van der Waals surface area contributed by atoms with E-state index in [0.29, 0.717) is 6.54 Å². The Morgan fingerprint density at radius 2 is 1.65 bits per heavy atom. The molecule has 0 aromatic heterocycles. The van der Waals surface area contributed by atoms with Gasteiger partial charge in [0.1, 0.15) is 5.78 Å². The van der Waals surface area contributed by atoms with Crippen LogP contribution in [0.15, 0.2) is 0 Å². The average Bonchev–Trinajstić information content (AvgIpc) is 2.97. The van der Waals surface area contributed by atoms with E-state index in [1.54, 1.807) is 6.92 Å². The molecule has 0 aromatic rings. The molecular weight excluding hydrogens is 216 g/mol. The maximum absolute atomic E-state index is 12.0. The van der Waals surface area contributed by atoms with E-state index in [9.17, 15) is 9.59 Å². The lowest BCUT2D eigenvalue weighted by Crippen LogP contribution is -2.53. The first-order chi connectivity index (χ1) is 8.05. The second kappa shape index (κ2) is 4.50. The smallest absolute Gasteiger partial charge is 0.166 e. The van der Waals surface area contributed by atoms with E-state index in [0.717, 1.165) is 38.5 Å². The normalized spacial score (nSPS) is 24.6. The minimum absolute atomic E-state index is 0.178. The molecule has 0 heterocycles.